The summed E-state index contributed by atoms with van der Waals surface area (Å²) in [7, 11) is 0. The molecule has 1 heterocycles. The third-order valence-corrected chi connectivity index (χ3v) is 3.80. The van der Waals surface area contributed by atoms with Crippen molar-refractivity contribution >= 4 is 12.0 Å². The molecule has 1 aliphatic heterocycles. The minimum absolute atomic E-state index is 0.135. The molecular formula is C17H24N2O4. The van der Waals surface area contributed by atoms with Gasteiger partial charge in [-0.3, -0.25) is 4.79 Å². The van der Waals surface area contributed by atoms with Crippen molar-refractivity contribution in [2.24, 2.45) is 5.92 Å². The Labute approximate surface area is 136 Å². The fourth-order valence-corrected chi connectivity index (χ4v) is 2.39. The maximum atomic E-state index is 11.7. The van der Waals surface area contributed by atoms with E-state index in [0.29, 0.717) is 26.3 Å². The first-order valence-electron chi connectivity index (χ1n) is 7.98. The van der Waals surface area contributed by atoms with E-state index in [0.717, 1.165) is 18.5 Å². The van der Waals surface area contributed by atoms with Gasteiger partial charge in [0.05, 0.1) is 13.2 Å². The third-order valence-electron chi connectivity index (χ3n) is 3.80. The van der Waals surface area contributed by atoms with Gasteiger partial charge in [0.1, 0.15) is 6.61 Å². The van der Waals surface area contributed by atoms with E-state index in [2.05, 4.69) is 5.32 Å². The average Bonchev–Trinajstić information content (AvgIpc) is 2.89. The zero-order valence-electron chi connectivity index (χ0n) is 13.5. The Hall–Kier alpha value is -2.08. The number of likely N-dealkylation sites (tertiary alicyclic amines) is 1. The quantitative estimate of drug-likeness (QED) is 0.742. The maximum Gasteiger partial charge on any atom is 0.407 e. The molecule has 6 nitrogen and oxygen atoms in total. The van der Waals surface area contributed by atoms with Crippen LogP contribution in [0, 0.1) is 5.92 Å². The van der Waals surface area contributed by atoms with Crippen LogP contribution in [0.2, 0.25) is 0 Å². The highest BCUT2D eigenvalue weighted by Gasteiger charge is 2.27. The summed E-state index contributed by atoms with van der Waals surface area (Å²) in [5.74, 6) is 0.340. The second-order valence-electron chi connectivity index (χ2n) is 5.62. The van der Waals surface area contributed by atoms with E-state index in [9.17, 15) is 9.59 Å². The van der Waals surface area contributed by atoms with Gasteiger partial charge in [-0.2, -0.15) is 0 Å². The molecule has 126 valence electrons. The SMILES string of the molecule is C[C@H]1CCN(CCOCCNC(=O)OCc2ccccc2)C1=O. The summed E-state index contributed by atoms with van der Waals surface area (Å²) in [4.78, 5) is 25.0. The topological polar surface area (TPSA) is 67.9 Å². The van der Waals surface area contributed by atoms with Gasteiger partial charge in [-0.25, -0.2) is 4.79 Å². The summed E-state index contributed by atoms with van der Waals surface area (Å²) in [6.45, 7) is 4.90. The first-order chi connectivity index (χ1) is 11.2. The minimum atomic E-state index is -0.457. The summed E-state index contributed by atoms with van der Waals surface area (Å²) in [5, 5.41) is 2.63. The van der Waals surface area contributed by atoms with Crippen molar-refractivity contribution in [1.29, 1.82) is 0 Å². The number of benzene rings is 1. The molecule has 1 N–H and O–H groups in total. The molecule has 0 saturated carbocycles. The van der Waals surface area contributed by atoms with Crippen molar-refractivity contribution in [2.45, 2.75) is 20.0 Å². The van der Waals surface area contributed by atoms with Crippen LogP contribution in [0.1, 0.15) is 18.9 Å². The summed E-state index contributed by atoms with van der Waals surface area (Å²) >= 11 is 0. The molecule has 6 heteroatoms. The van der Waals surface area contributed by atoms with E-state index in [1.54, 1.807) is 0 Å². The van der Waals surface area contributed by atoms with Crippen molar-refractivity contribution in [3.63, 3.8) is 0 Å². The normalized spacial score (nSPS) is 17.3. The van der Waals surface area contributed by atoms with Crippen molar-refractivity contribution < 1.29 is 19.1 Å². The standard InChI is InChI=1S/C17H24N2O4/c1-14-7-9-19(16(14)20)10-12-22-11-8-18-17(21)23-13-15-5-3-2-4-6-15/h2-6,14H,7-13H2,1H3,(H,18,21)/t14-/m0/s1. The zero-order chi connectivity index (χ0) is 16.5. The average molecular weight is 320 g/mol. The van der Waals surface area contributed by atoms with Gasteiger partial charge in [-0.05, 0) is 12.0 Å². The highest BCUT2D eigenvalue weighted by Crippen LogP contribution is 2.16. The summed E-state index contributed by atoms with van der Waals surface area (Å²) < 4.78 is 10.5. The molecule has 0 bridgehead atoms. The van der Waals surface area contributed by atoms with E-state index < -0.39 is 6.09 Å². The number of carbonyl (C=O) groups excluding carboxylic acids is 2. The van der Waals surface area contributed by atoms with Crippen LogP contribution in [-0.2, 0) is 20.9 Å². The lowest BCUT2D eigenvalue weighted by molar-refractivity contribution is -0.131. The molecule has 1 aliphatic rings. The molecule has 1 saturated heterocycles. The highest BCUT2D eigenvalue weighted by molar-refractivity contribution is 5.80. The molecule has 2 amide bonds. The second-order valence-corrected chi connectivity index (χ2v) is 5.62. The molecule has 1 aromatic carbocycles. The van der Waals surface area contributed by atoms with Gasteiger partial charge in [0.15, 0.2) is 0 Å². The van der Waals surface area contributed by atoms with Crippen LogP contribution in [0.25, 0.3) is 0 Å². The highest BCUT2D eigenvalue weighted by atomic mass is 16.5. The Bertz CT molecular complexity index is 507. The Balaban J connectivity index is 1.47. The fourth-order valence-electron chi connectivity index (χ4n) is 2.39. The van der Waals surface area contributed by atoms with Gasteiger partial charge in [-0.15, -0.1) is 0 Å². The molecule has 0 aliphatic carbocycles. The van der Waals surface area contributed by atoms with Crippen LogP contribution >= 0.6 is 0 Å². The molecule has 0 unspecified atom stereocenters. The number of hydrogen-bond donors (Lipinski definition) is 1. The van der Waals surface area contributed by atoms with Gasteiger partial charge in [0, 0.05) is 25.6 Å². The second kappa shape index (κ2) is 9.15. The van der Waals surface area contributed by atoms with Gasteiger partial charge < -0.3 is 19.7 Å². The van der Waals surface area contributed by atoms with Crippen molar-refractivity contribution in [2.75, 3.05) is 32.8 Å². The minimum Gasteiger partial charge on any atom is -0.445 e. The van der Waals surface area contributed by atoms with Gasteiger partial charge >= 0.3 is 6.09 Å². The zero-order valence-corrected chi connectivity index (χ0v) is 13.5. The Morgan fingerprint density at radius 3 is 2.78 bits per heavy atom. The molecule has 0 aromatic heterocycles. The fraction of sp³-hybridized carbons (Fsp3) is 0.529. The lowest BCUT2D eigenvalue weighted by Gasteiger charge is -2.16. The van der Waals surface area contributed by atoms with E-state index in [1.807, 2.05) is 42.2 Å². The third kappa shape index (κ3) is 5.90. The smallest absolute Gasteiger partial charge is 0.407 e. The van der Waals surface area contributed by atoms with Crippen molar-refractivity contribution in [1.82, 2.24) is 10.2 Å². The summed E-state index contributed by atoms with van der Waals surface area (Å²) in [5.41, 5.74) is 0.948. The van der Waals surface area contributed by atoms with Crippen LogP contribution in [0.5, 0.6) is 0 Å². The van der Waals surface area contributed by atoms with E-state index in [-0.39, 0.29) is 18.4 Å². The van der Waals surface area contributed by atoms with E-state index in [4.69, 9.17) is 9.47 Å². The number of ether oxygens (including phenoxy) is 2. The number of hydrogen-bond acceptors (Lipinski definition) is 4. The van der Waals surface area contributed by atoms with E-state index >= 15 is 0 Å². The molecule has 1 fully saturated rings. The lowest BCUT2D eigenvalue weighted by atomic mass is 10.1. The Morgan fingerprint density at radius 1 is 1.30 bits per heavy atom. The number of amides is 2. The Morgan fingerprint density at radius 2 is 2.09 bits per heavy atom. The van der Waals surface area contributed by atoms with Crippen LogP contribution < -0.4 is 5.32 Å². The Kier molecular flexibility index (Phi) is 6.87. The van der Waals surface area contributed by atoms with E-state index in [1.165, 1.54) is 0 Å². The van der Waals surface area contributed by atoms with Gasteiger partial charge in [0.2, 0.25) is 5.91 Å². The van der Waals surface area contributed by atoms with Crippen LogP contribution in [0.3, 0.4) is 0 Å². The summed E-state index contributed by atoms with van der Waals surface area (Å²) in [6, 6.07) is 9.51. The van der Waals surface area contributed by atoms with Crippen LogP contribution in [-0.4, -0.2) is 49.7 Å². The first-order valence-corrected chi connectivity index (χ1v) is 7.98. The predicted octanol–water partition coefficient (Wildman–Crippen LogP) is 1.80. The van der Waals surface area contributed by atoms with Crippen molar-refractivity contribution in [3.8, 4) is 0 Å². The molecule has 1 aromatic rings. The number of alkyl carbamates (subject to hydrolysis) is 1. The van der Waals surface area contributed by atoms with Gasteiger partial charge in [0.25, 0.3) is 0 Å². The summed E-state index contributed by atoms with van der Waals surface area (Å²) in [6.07, 6.45) is 0.467. The van der Waals surface area contributed by atoms with Crippen LogP contribution in [0.15, 0.2) is 30.3 Å². The van der Waals surface area contributed by atoms with Crippen LogP contribution in [0.4, 0.5) is 4.79 Å². The molecule has 1 atom stereocenters. The number of nitrogens with one attached hydrogen (secondary N) is 1. The number of rotatable bonds is 8. The number of nitrogens with zero attached hydrogens (tertiary/aromatic N) is 1. The number of carbonyl (C=O) groups is 2. The molecule has 2 rings (SSSR count). The molecule has 23 heavy (non-hydrogen) atoms. The van der Waals surface area contributed by atoms with Gasteiger partial charge in [-0.1, -0.05) is 37.3 Å². The molecule has 0 radical (unpaired) electrons. The molecule has 0 spiro atoms. The lowest BCUT2D eigenvalue weighted by Crippen LogP contribution is -2.32. The largest absolute Gasteiger partial charge is 0.445 e. The molecular weight excluding hydrogens is 296 g/mol. The van der Waals surface area contributed by atoms with Crippen molar-refractivity contribution in [3.05, 3.63) is 35.9 Å². The monoisotopic (exact) mass is 320 g/mol. The first kappa shape index (κ1) is 17.3. The predicted molar refractivity (Wildman–Crippen MR) is 85.8 cm³/mol. The maximum absolute atomic E-state index is 11.7.